The van der Waals surface area contributed by atoms with Crippen LogP contribution in [-0.4, -0.2) is 66.2 Å². The summed E-state index contributed by atoms with van der Waals surface area (Å²) in [7, 11) is -3.74. The van der Waals surface area contributed by atoms with Crippen molar-refractivity contribution in [3.63, 3.8) is 0 Å². The quantitative estimate of drug-likeness (QED) is 0.414. The molecule has 3 aromatic rings. The topological polar surface area (TPSA) is 61.7 Å². The zero-order chi connectivity index (χ0) is 27.2. The lowest BCUT2D eigenvalue weighted by Gasteiger charge is -2.36. The molecule has 9 heteroatoms. The number of likely N-dealkylation sites (N-methyl/N-ethyl adjacent to an activating group) is 1. The Hall–Kier alpha value is -2.75. The number of sulfonamides is 1. The highest BCUT2D eigenvalue weighted by molar-refractivity contribution is 7.89. The number of benzene rings is 2. The van der Waals surface area contributed by atoms with E-state index in [2.05, 4.69) is 16.7 Å². The number of aryl methyl sites for hydroxylation is 4. The molecule has 0 spiro atoms. The first-order valence-corrected chi connectivity index (χ1v) is 15.0. The number of nitrogens with zero attached hydrogens (tertiary/aromatic N) is 5. The van der Waals surface area contributed by atoms with E-state index >= 15 is 0 Å². The van der Waals surface area contributed by atoms with Crippen LogP contribution in [0.25, 0.3) is 5.69 Å². The van der Waals surface area contributed by atoms with Crippen LogP contribution in [0.1, 0.15) is 47.7 Å². The average Bonchev–Trinajstić information content (AvgIpc) is 3.64. The summed E-state index contributed by atoms with van der Waals surface area (Å²) < 4.78 is 46.1. The smallest absolute Gasteiger partial charge is 0.244 e. The Balaban J connectivity index is 1.60. The Morgan fingerprint density at radius 3 is 2.24 bits per heavy atom. The van der Waals surface area contributed by atoms with E-state index in [9.17, 15) is 12.8 Å². The Bertz CT molecular complexity index is 1420. The third-order valence-electron chi connectivity index (χ3n) is 7.77. The van der Waals surface area contributed by atoms with Crippen molar-refractivity contribution in [3.05, 3.63) is 70.2 Å². The first-order chi connectivity index (χ1) is 18.1. The minimum absolute atomic E-state index is 0.0261. The van der Waals surface area contributed by atoms with Gasteiger partial charge in [-0.15, -0.1) is 0 Å². The SMILES string of the molecule is CCN1CCN(c2c(CN(C3CC3)S(=O)(=O)c3c(C)cc(C)cc3C)c(C)nn2-c2cccc(F)c2)CC1. The van der Waals surface area contributed by atoms with Gasteiger partial charge in [0.05, 0.1) is 16.3 Å². The minimum atomic E-state index is -3.74. The number of piperazine rings is 1. The molecule has 2 aliphatic rings. The number of rotatable bonds is 8. The summed E-state index contributed by atoms with van der Waals surface area (Å²) in [5.74, 6) is 0.536. The van der Waals surface area contributed by atoms with Gasteiger partial charge in [0, 0.05) is 44.3 Å². The second-order valence-corrected chi connectivity index (χ2v) is 12.5. The van der Waals surface area contributed by atoms with Gasteiger partial charge in [-0.05, 0) is 76.4 Å². The van der Waals surface area contributed by atoms with E-state index in [1.54, 1.807) is 15.1 Å². The average molecular weight is 540 g/mol. The second kappa shape index (κ2) is 10.4. The fourth-order valence-electron chi connectivity index (χ4n) is 5.74. The highest BCUT2D eigenvalue weighted by Gasteiger charge is 2.41. The lowest BCUT2D eigenvalue weighted by Crippen LogP contribution is -2.47. The van der Waals surface area contributed by atoms with Crippen LogP contribution >= 0.6 is 0 Å². The normalized spacial score (nSPS) is 17.0. The first-order valence-electron chi connectivity index (χ1n) is 13.5. The van der Waals surface area contributed by atoms with Gasteiger partial charge in [0.1, 0.15) is 11.6 Å². The van der Waals surface area contributed by atoms with E-state index in [1.165, 1.54) is 12.1 Å². The zero-order valence-corrected chi connectivity index (χ0v) is 23.9. The van der Waals surface area contributed by atoms with Crippen LogP contribution in [-0.2, 0) is 16.6 Å². The van der Waals surface area contributed by atoms with E-state index in [1.807, 2.05) is 45.9 Å². The molecule has 2 heterocycles. The molecule has 7 nitrogen and oxygen atoms in total. The molecule has 0 unspecified atom stereocenters. The van der Waals surface area contributed by atoms with Crippen LogP contribution < -0.4 is 4.90 Å². The van der Waals surface area contributed by atoms with Gasteiger partial charge in [0.15, 0.2) is 0 Å². The molecular formula is C29H38FN5O2S. The molecule has 2 aromatic carbocycles. The molecule has 1 saturated heterocycles. The van der Waals surface area contributed by atoms with Crippen LogP contribution in [0.4, 0.5) is 10.2 Å². The van der Waals surface area contributed by atoms with Crippen LogP contribution in [0.15, 0.2) is 41.3 Å². The van der Waals surface area contributed by atoms with Gasteiger partial charge in [-0.1, -0.05) is 30.7 Å². The molecule has 1 aromatic heterocycles. The van der Waals surface area contributed by atoms with Crippen molar-refractivity contribution in [2.45, 2.75) is 64.9 Å². The maximum absolute atomic E-state index is 14.3. The van der Waals surface area contributed by atoms with Crippen LogP contribution in [0.3, 0.4) is 0 Å². The van der Waals surface area contributed by atoms with Crippen LogP contribution in [0.5, 0.6) is 0 Å². The summed E-state index contributed by atoms with van der Waals surface area (Å²) in [4.78, 5) is 5.09. The molecule has 0 N–H and O–H groups in total. The number of hydrogen-bond acceptors (Lipinski definition) is 5. The number of anilines is 1. The van der Waals surface area contributed by atoms with Crippen molar-refractivity contribution < 1.29 is 12.8 Å². The summed E-state index contributed by atoms with van der Waals surface area (Å²) in [5, 5.41) is 4.84. The predicted molar refractivity (Wildman–Crippen MR) is 149 cm³/mol. The third-order valence-corrected chi connectivity index (χ3v) is 9.97. The van der Waals surface area contributed by atoms with Gasteiger partial charge in [0.2, 0.25) is 10.0 Å². The number of halogens is 1. The predicted octanol–water partition coefficient (Wildman–Crippen LogP) is 4.74. The zero-order valence-electron chi connectivity index (χ0n) is 23.0. The Labute approximate surface area is 225 Å². The summed E-state index contributed by atoms with van der Waals surface area (Å²) >= 11 is 0. The second-order valence-electron chi connectivity index (χ2n) is 10.7. The van der Waals surface area contributed by atoms with E-state index in [4.69, 9.17) is 5.10 Å². The Morgan fingerprint density at radius 2 is 1.66 bits per heavy atom. The summed E-state index contributed by atoms with van der Waals surface area (Å²) in [6.07, 6.45) is 1.70. The van der Waals surface area contributed by atoms with Gasteiger partial charge in [-0.25, -0.2) is 17.5 Å². The molecule has 1 aliphatic heterocycles. The van der Waals surface area contributed by atoms with E-state index in [-0.39, 0.29) is 18.4 Å². The largest absolute Gasteiger partial charge is 0.354 e. The maximum atomic E-state index is 14.3. The van der Waals surface area contributed by atoms with Crippen molar-refractivity contribution in [2.24, 2.45) is 0 Å². The molecule has 204 valence electrons. The van der Waals surface area contributed by atoms with Gasteiger partial charge < -0.3 is 9.80 Å². The fourth-order valence-corrected chi connectivity index (χ4v) is 7.81. The fraction of sp³-hybridized carbons (Fsp3) is 0.483. The molecule has 2 fully saturated rings. The first kappa shape index (κ1) is 26.8. The van der Waals surface area contributed by atoms with E-state index < -0.39 is 10.0 Å². The summed E-state index contributed by atoms with van der Waals surface area (Å²) in [5.41, 5.74) is 4.89. The van der Waals surface area contributed by atoms with Gasteiger partial charge in [0.25, 0.3) is 0 Å². The van der Waals surface area contributed by atoms with Crippen molar-refractivity contribution in [1.82, 2.24) is 19.0 Å². The van der Waals surface area contributed by atoms with E-state index in [0.29, 0.717) is 10.6 Å². The summed E-state index contributed by atoms with van der Waals surface area (Å²) in [6.45, 7) is 14.5. The molecule has 38 heavy (non-hydrogen) atoms. The highest BCUT2D eigenvalue weighted by Crippen LogP contribution is 2.38. The third kappa shape index (κ3) is 5.11. The lowest BCUT2D eigenvalue weighted by atomic mass is 10.1. The molecule has 5 rings (SSSR count). The minimum Gasteiger partial charge on any atom is -0.354 e. The Morgan fingerprint density at radius 1 is 1.00 bits per heavy atom. The molecular weight excluding hydrogens is 501 g/mol. The van der Waals surface area contributed by atoms with Gasteiger partial charge in [-0.2, -0.15) is 9.40 Å². The monoisotopic (exact) mass is 539 g/mol. The van der Waals surface area contributed by atoms with Crippen LogP contribution in [0.2, 0.25) is 0 Å². The molecule has 0 bridgehead atoms. The van der Waals surface area contributed by atoms with Crippen molar-refractivity contribution in [1.29, 1.82) is 0 Å². The maximum Gasteiger partial charge on any atom is 0.244 e. The summed E-state index contributed by atoms with van der Waals surface area (Å²) in [6, 6.07) is 10.3. The Kier molecular flexibility index (Phi) is 7.37. The van der Waals surface area contributed by atoms with Crippen molar-refractivity contribution in [3.8, 4) is 5.69 Å². The standard InChI is InChI=1S/C29H38FN5O2S/c1-6-32-12-14-33(15-13-32)29-27(23(5)31-35(29)26-9-7-8-24(30)18-26)19-34(25-10-11-25)38(36,37)28-21(3)16-20(2)17-22(28)4/h7-9,16-18,25H,6,10-15,19H2,1-5H3. The van der Waals surface area contributed by atoms with Crippen molar-refractivity contribution in [2.75, 3.05) is 37.6 Å². The van der Waals surface area contributed by atoms with E-state index in [0.717, 1.165) is 79.3 Å². The van der Waals surface area contributed by atoms with Gasteiger partial charge >= 0.3 is 0 Å². The van der Waals surface area contributed by atoms with Crippen LogP contribution in [0, 0.1) is 33.5 Å². The molecule has 0 radical (unpaired) electrons. The number of aromatic nitrogens is 2. The molecule has 1 saturated carbocycles. The highest BCUT2D eigenvalue weighted by atomic mass is 32.2. The van der Waals surface area contributed by atoms with Crippen molar-refractivity contribution >= 4 is 15.8 Å². The number of hydrogen-bond donors (Lipinski definition) is 0. The molecule has 1 aliphatic carbocycles. The molecule has 0 amide bonds. The molecule has 0 atom stereocenters. The lowest BCUT2D eigenvalue weighted by molar-refractivity contribution is 0.269. The van der Waals surface area contributed by atoms with Gasteiger partial charge in [-0.3, -0.25) is 0 Å².